The number of nitrogens with zero attached hydrogens (tertiary/aromatic N) is 2. The van der Waals surface area contributed by atoms with Crippen molar-refractivity contribution in [3.63, 3.8) is 0 Å². The molecule has 0 unspecified atom stereocenters. The van der Waals surface area contributed by atoms with Crippen LogP contribution >= 0.6 is 0 Å². The van der Waals surface area contributed by atoms with Crippen LogP contribution in [0, 0.1) is 11.8 Å². The van der Waals surface area contributed by atoms with Crippen LogP contribution in [0.5, 0.6) is 0 Å². The van der Waals surface area contributed by atoms with Crippen molar-refractivity contribution in [1.29, 1.82) is 0 Å². The van der Waals surface area contributed by atoms with Crippen LogP contribution in [-0.2, 0) is 4.79 Å². The Hall–Kier alpha value is -0.570. The minimum atomic E-state index is 0.150. The van der Waals surface area contributed by atoms with E-state index < -0.39 is 0 Å². The molecule has 18 heavy (non-hydrogen) atoms. The molecule has 2 aliphatic rings. The molecule has 0 bridgehead atoms. The lowest BCUT2D eigenvalue weighted by Crippen LogP contribution is -2.49. The summed E-state index contributed by atoms with van der Waals surface area (Å²) >= 11 is 0. The predicted molar refractivity (Wildman–Crippen MR) is 74.4 cm³/mol. The molecular formula is C15H28N2O. The van der Waals surface area contributed by atoms with Crippen molar-refractivity contribution in [3.05, 3.63) is 0 Å². The lowest BCUT2D eigenvalue weighted by atomic mass is 9.94. The Bertz CT molecular complexity index is 274. The van der Waals surface area contributed by atoms with Crippen LogP contribution in [0.3, 0.4) is 0 Å². The van der Waals surface area contributed by atoms with E-state index in [2.05, 4.69) is 16.7 Å². The number of piperidine rings is 2. The summed E-state index contributed by atoms with van der Waals surface area (Å²) < 4.78 is 0. The average Bonchev–Trinajstić information content (AvgIpc) is 2.39. The Morgan fingerprint density at radius 3 is 2.06 bits per heavy atom. The summed E-state index contributed by atoms with van der Waals surface area (Å²) in [4.78, 5) is 16.7. The Labute approximate surface area is 112 Å². The van der Waals surface area contributed by atoms with Gasteiger partial charge in [-0.2, -0.15) is 0 Å². The molecule has 2 heterocycles. The lowest BCUT2D eigenvalue weighted by molar-refractivity contribution is -0.136. The minimum absolute atomic E-state index is 0.150. The highest BCUT2D eigenvalue weighted by Crippen LogP contribution is 2.23. The number of rotatable bonds is 2. The quantitative estimate of drug-likeness (QED) is 0.753. The second kappa shape index (κ2) is 6.05. The van der Waals surface area contributed by atoms with Gasteiger partial charge in [-0.25, -0.2) is 0 Å². The molecule has 2 rings (SSSR count). The van der Waals surface area contributed by atoms with Gasteiger partial charge in [0.05, 0.1) is 0 Å². The molecule has 2 fully saturated rings. The largest absolute Gasteiger partial charge is 0.342 e. The molecule has 0 aliphatic carbocycles. The highest BCUT2D eigenvalue weighted by Gasteiger charge is 2.29. The number of likely N-dealkylation sites (tertiary alicyclic amines) is 2. The third-order valence-electron chi connectivity index (χ3n) is 4.60. The van der Waals surface area contributed by atoms with Crippen LogP contribution in [0.4, 0.5) is 0 Å². The lowest BCUT2D eigenvalue weighted by Gasteiger charge is -2.41. The molecular weight excluding hydrogens is 224 g/mol. The van der Waals surface area contributed by atoms with E-state index in [1.54, 1.807) is 0 Å². The fourth-order valence-electron chi connectivity index (χ4n) is 3.21. The fourth-order valence-corrected chi connectivity index (χ4v) is 3.21. The molecule has 3 heteroatoms. The average molecular weight is 252 g/mol. The van der Waals surface area contributed by atoms with E-state index in [-0.39, 0.29) is 5.92 Å². The van der Waals surface area contributed by atoms with Gasteiger partial charge in [0.25, 0.3) is 0 Å². The zero-order chi connectivity index (χ0) is 13.1. The minimum Gasteiger partial charge on any atom is -0.342 e. The van der Waals surface area contributed by atoms with Gasteiger partial charge in [-0.1, -0.05) is 20.8 Å². The summed E-state index contributed by atoms with van der Waals surface area (Å²) in [6.45, 7) is 10.8. The third kappa shape index (κ3) is 3.25. The van der Waals surface area contributed by atoms with Gasteiger partial charge in [-0.15, -0.1) is 0 Å². The first-order valence-corrected chi connectivity index (χ1v) is 7.60. The molecule has 3 nitrogen and oxygen atoms in total. The van der Waals surface area contributed by atoms with Crippen LogP contribution < -0.4 is 0 Å². The molecule has 0 N–H and O–H groups in total. The van der Waals surface area contributed by atoms with E-state index in [9.17, 15) is 4.79 Å². The van der Waals surface area contributed by atoms with Crippen molar-refractivity contribution in [2.24, 2.45) is 11.8 Å². The first kappa shape index (κ1) is 13.9. The summed E-state index contributed by atoms with van der Waals surface area (Å²) in [5, 5.41) is 0. The van der Waals surface area contributed by atoms with Crippen molar-refractivity contribution in [2.75, 3.05) is 26.2 Å². The number of hydrogen-bond acceptors (Lipinski definition) is 2. The third-order valence-corrected chi connectivity index (χ3v) is 4.60. The van der Waals surface area contributed by atoms with Crippen molar-refractivity contribution >= 4 is 5.91 Å². The van der Waals surface area contributed by atoms with Gasteiger partial charge < -0.3 is 9.80 Å². The van der Waals surface area contributed by atoms with Gasteiger partial charge in [0.15, 0.2) is 0 Å². The van der Waals surface area contributed by atoms with Gasteiger partial charge in [0.2, 0.25) is 5.91 Å². The molecule has 0 spiro atoms. The van der Waals surface area contributed by atoms with E-state index in [0.29, 0.717) is 5.91 Å². The molecule has 0 aromatic carbocycles. The van der Waals surface area contributed by atoms with Crippen LogP contribution in [0.1, 0.15) is 46.5 Å². The number of amides is 1. The zero-order valence-corrected chi connectivity index (χ0v) is 12.2. The Balaban J connectivity index is 1.78. The molecule has 2 aliphatic heterocycles. The Morgan fingerprint density at radius 1 is 1.00 bits per heavy atom. The summed E-state index contributed by atoms with van der Waals surface area (Å²) in [7, 11) is 0. The second-order valence-corrected chi connectivity index (χ2v) is 6.43. The normalized spacial score (nSPS) is 24.8. The summed E-state index contributed by atoms with van der Waals surface area (Å²) in [6.07, 6.45) is 5.05. The maximum atomic E-state index is 11.9. The van der Waals surface area contributed by atoms with Crippen LogP contribution in [0.15, 0.2) is 0 Å². The molecule has 104 valence electrons. The van der Waals surface area contributed by atoms with E-state index in [4.69, 9.17) is 0 Å². The first-order valence-electron chi connectivity index (χ1n) is 7.60. The summed E-state index contributed by atoms with van der Waals surface area (Å²) in [6, 6.07) is 0.730. The number of carbonyl (C=O) groups is 1. The summed E-state index contributed by atoms with van der Waals surface area (Å²) in [5.74, 6) is 1.39. The Morgan fingerprint density at radius 2 is 1.56 bits per heavy atom. The van der Waals surface area contributed by atoms with Crippen molar-refractivity contribution < 1.29 is 4.79 Å². The molecule has 2 saturated heterocycles. The van der Waals surface area contributed by atoms with E-state index in [1.807, 2.05) is 13.8 Å². The van der Waals surface area contributed by atoms with Gasteiger partial charge in [0, 0.05) is 25.0 Å². The molecule has 0 aromatic rings. The van der Waals surface area contributed by atoms with Gasteiger partial charge in [-0.05, 0) is 44.7 Å². The van der Waals surface area contributed by atoms with Crippen molar-refractivity contribution in [3.8, 4) is 0 Å². The molecule has 0 saturated carbocycles. The Kier molecular flexibility index (Phi) is 4.66. The monoisotopic (exact) mass is 252 g/mol. The highest BCUT2D eigenvalue weighted by atomic mass is 16.2. The maximum absolute atomic E-state index is 11.9. The smallest absolute Gasteiger partial charge is 0.225 e. The second-order valence-electron chi connectivity index (χ2n) is 6.43. The van der Waals surface area contributed by atoms with Crippen molar-refractivity contribution in [1.82, 2.24) is 9.80 Å². The zero-order valence-electron chi connectivity index (χ0n) is 12.2. The molecule has 0 radical (unpaired) electrons. The van der Waals surface area contributed by atoms with Gasteiger partial charge in [-0.3, -0.25) is 4.79 Å². The molecule has 0 atom stereocenters. The standard InChI is InChI=1S/C15H28N2O/c1-12(2)15(18)17-10-6-14(7-11-17)16-8-4-13(3)5-9-16/h12-14H,4-11H2,1-3H3. The van der Waals surface area contributed by atoms with Gasteiger partial charge >= 0.3 is 0 Å². The van der Waals surface area contributed by atoms with Crippen LogP contribution in [0.25, 0.3) is 0 Å². The van der Waals surface area contributed by atoms with E-state index in [0.717, 1.165) is 25.0 Å². The maximum Gasteiger partial charge on any atom is 0.225 e. The fraction of sp³-hybridized carbons (Fsp3) is 0.933. The topological polar surface area (TPSA) is 23.6 Å². The SMILES string of the molecule is CC1CCN(C2CCN(C(=O)C(C)C)CC2)CC1. The summed E-state index contributed by atoms with van der Waals surface area (Å²) in [5.41, 5.74) is 0. The number of hydrogen-bond donors (Lipinski definition) is 0. The molecule has 0 aromatic heterocycles. The van der Waals surface area contributed by atoms with Gasteiger partial charge in [0.1, 0.15) is 0 Å². The predicted octanol–water partition coefficient (Wildman–Crippen LogP) is 2.37. The van der Waals surface area contributed by atoms with Crippen LogP contribution in [-0.4, -0.2) is 47.9 Å². The number of carbonyl (C=O) groups excluding carboxylic acids is 1. The highest BCUT2D eigenvalue weighted by molar-refractivity contribution is 5.78. The van der Waals surface area contributed by atoms with Crippen LogP contribution in [0.2, 0.25) is 0 Å². The van der Waals surface area contributed by atoms with Crippen molar-refractivity contribution in [2.45, 2.75) is 52.5 Å². The first-order chi connectivity index (χ1) is 8.58. The van der Waals surface area contributed by atoms with E-state index in [1.165, 1.54) is 38.8 Å². The molecule has 1 amide bonds. The van der Waals surface area contributed by atoms with E-state index >= 15 is 0 Å².